The molecule has 2 aromatic rings. The van der Waals surface area contributed by atoms with E-state index >= 15 is 0 Å². The van der Waals surface area contributed by atoms with Gasteiger partial charge in [-0.2, -0.15) is 0 Å². The van der Waals surface area contributed by atoms with Crippen molar-refractivity contribution in [3.05, 3.63) is 53.6 Å². The Hall–Kier alpha value is -1.72. The van der Waals surface area contributed by atoms with Crippen molar-refractivity contribution < 1.29 is 8.42 Å². The molecule has 0 spiro atoms. The first kappa shape index (κ1) is 16.6. The van der Waals surface area contributed by atoms with Crippen LogP contribution in [-0.4, -0.2) is 21.5 Å². The third-order valence-corrected chi connectivity index (χ3v) is 4.97. The van der Waals surface area contributed by atoms with E-state index in [1.54, 1.807) is 24.3 Å². The summed E-state index contributed by atoms with van der Waals surface area (Å²) in [5.74, 6) is 0. The van der Waals surface area contributed by atoms with Crippen LogP contribution in [0.4, 0.5) is 11.4 Å². The second-order valence-electron chi connectivity index (χ2n) is 4.78. The highest BCUT2D eigenvalue weighted by atomic mass is 35.5. The van der Waals surface area contributed by atoms with Gasteiger partial charge < -0.3 is 4.90 Å². The molecule has 0 aliphatic rings. The Labute approximate surface area is 136 Å². The number of anilines is 2. The zero-order chi connectivity index (χ0) is 16.2. The lowest BCUT2D eigenvalue weighted by Crippen LogP contribution is -2.21. The standard InChI is InChI=1S/C16H19ClN2O2S/c1-3-19(4-2)15-10-8-14(9-11-15)18-22(20,21)16-7-5-6-13(17)12-16/h5-12,18H,3-4H2,1-2H3. The zero-order valence-corrected chi connectivity index (χ0v) is 14.2. The minimum absolute atomic E-state index is 0.146. The molecule has 0 saturated heterocycles. The third-order valence-electron chi connectivity index (χ3n) is 3.35. The summed E-state index contributed by atoms with van der Waals surface area (Å²) in [4.78, 5) is 2.34. The maximum absolute atomic E-state index is 12.3. The number of halogens is 1. The quantitative estimate of drug-likeness (QED) is 0.866. The van der Waals surface area contributed by atoms with Gasteiger partial charge in [0.05, 0.1) is 4.90 Å². The monoisotopic (exact) mass is 338 g/mol. The van der Waals surface area contributed by atoms with E-state index in [9.17, 15) is 8.42 Å². The van der Waals surface area contributed by atoms with Gasteiger partial charge in [0.2, 0.25) is 0 Å². The molecule has 0 bridgehead atoms. The van der Waals surface area contributed by atoms with E-state index in [0.29, 0.717) is 10.7 Å². The van der Waals surface area contributed by atoms with Gasteiger partial charge in [-0.25, -0.2) is 8.42 Å². The minimum Gasteiger partial charge on any atom is -0.372 e. The highest BCUT2D eigenvalue weighted by Gasteiger charge is 2.14. The predicted molar refractivity (Wildman–Crippen MR) is 92.3 cm³/mol. The Morgan fingerprint density at radius 3 is 2.23 bits per heavy atom. The summed E-state index contributed by atoms with van der Waals surface area (Å²) in [7, 11) is -3.63. The molecule has 22 heavy (non-hydrogen) atoms. The number of hydrogen-bond acceptors (Lipinski definition) is 3. The van der Waals surface area contributed by atoms with Crippen LogP contribution in [0.25, 0.3) is 0 Å². The van der Waals surface area contributed by atoms with Gasteiger partial charge in [0.15, 0.2) is 0 Å². The van der Waals surface area contributed by atoms with E-state index in [0.717, 1.165) is 18.8 Å². The van der Waals surface area contributed by atoms with Crippen molar-refractivity contribution in [3.8, 4) is 0 Å². The average molecular weight is 339 g/mol. The number of benzene rings is 2. The van der Waals surface area contributed by atoms with Crippen molar-refractivity contribution >= 4 is 33.0 Å². The molecule has 0 unspecified atom stereocenters. The molecule has 6 heteroatoms. The first-order valence-electron chi connectivity index (χ1n) is 7.09. The molecule has 0 aliphatic carbocycles. The average Bonchev–Trinajstić information content (AvgIpc) is 2.50. The van der Waals surface area contributed by atoms with Crippen molar-refractivity contribution in [2.45, 2.75) is 18.7 Å². The van der Waals surface area contributed by atoms with Crippen LogP contribution in [0.1, 0.15) is 13.8 Å². The molecular formula is C16H19ClN2O2S. The first-order chi connectivity index (χ1) is 10.5. The van der Waals surface area contributed by atoms with E-state index in [1.807, 2.05) is 12.1 Å². The van der Waals surface area contributed by atoms with Gasteiger partial charge in [0.25, 0.3) is 10.0 Å². The highest BCUT2D eigenvalue weighted by Crippen LogP contribution is 2.22. The van der Waals surface area contributed by atoms with Gasteiger partial charge in [-0.05, 0) is 56.3 Å². The molecule has 0 aromatic heterocycles. The van der Waals surface area contributed by atoms with E-state index in [4.69, 9.17) is 11.6 Å². The predicted octanol–water partition coefficient (Wildman–Crippen LogP) is 3.99. The Bertz CT molecular complexity index is 726. The van der Waals surface area contributed by atoms with E-state index in [2.05, 4.69) is 23.5 Å². The summed E-state index contributed by atoms with van der Waals surface area (Å²) in [5.41, 5.74) is 1.59. The van der Waals surface area contributed by atoms with Crippen LogP contribution in [0.15, 0.2) is 53.4 Å². The van der Waals surface area contributed by atoms with Crippen LogP contribution < -0.4 is 9.62 Å². The number of sulfonamides is 1. The Morgan fingerprint density at radius 2 is 1.68 bits per heavy atom. The molecule has 118 valence electrons. The summed E-state index contributed by atoms with van der Waals surface area (Å²) >= 11 is 5.84. The Kier molecular flexibility index (Phi) is 5.32. The normalized spacial score (nSPS) is 11.2. The molecule has 0 amide bonds. The third kappa shape index (κ3) is 3.93. The van der Waals surface area contributed by atoms with Gasteiger partial charge in [0, 0.05) is 29.5 Å². The maximum atomic E-state index is 12.3. The molecule has 0 fully saturated rings. The summed E-state index contributed by atoms with van der Waals surface area (Å²) in [5, 5.41) is 0.389. The van der Waals surface area contributed by atoms with Gasteiger partial charge >= 0.3 is 0 Å². The Balaban J connectivity index is 2.20. The second kappa shape index (κ2) is 7.03. The summed E-state index contributed by atoms with van der Waals surface area (Å²) < 4.78 is 27.2. The zero-order valence-electron chi connectivity index (χ0n) is 12.6. The van der Waals surface area contributed by atoms with Gasteiger partial charge in [-0.3, -0.25) is 4.72 Å². The van der Waals surface area contributed by atoms with Gasteiger partial charge in [-0.15, -0.1) is 0 Å². The first-order valence-corrected chi connectivity index (χ1v) is 8.95. The molecular weight excluding hydrogens is 320 g/mol. The van der Waals surface area contributed by atoms with Gasteiger partial charge in [-0.1, -0.05) is 17.7 Å². The fourth-order valence-corrected chi connectivity index (χ4v) is 3.54. The molecule has 4 nitrogen and oxygen atoms in total. The number of hydrogen-bond donors (Lipinski definition) is 1. The maximum Gasteiger partial charge on any atom is 0.261 e. The molecule has 0 heterocycles. The van der Waals surface area contributed by atoms with Crippen LogP contribution in [0.3, 0.4) is 0 Å². The molecule has 0 atom stereocenters. The van der Waals surface area contributed by atoms with Crippen molar-refractivity contribution in [2.24, 2.45) is 0 Å². The summed E-state index contributed by atoms with van der Waals surface area (Å²) in [6.45, 7) is 5.98. The second-order valence-corrected chi connectivity index (χ2v) is 6.90. The molecule has 1 N–H and O–H groups in total. The molecule has 0 saturated carbocycles. The number of nitrogens with zero attached hydrogens (tertiary/aromatic N) is 1. The fourth-order valence-electron chi connectivity index (χ4n) is 2.18. The smallest absolute Gasteiger partial charge is 0.261 e. The van der Waals surface area contributed by atoms with E-state index < -0.39 is 10.0 Å². The largest absolute Gasteiger partial charge is 0.372 e. The number of rotatable bonds is 6. The van der Waals surface area contributed by atoms with E-state index in [-0.39, 0.29) is 4.90 Å². The fraction of sp³-hybridized carbons (Fsp3) is 0.250. The topological polar surface area (TPSA) is 49.4 Å². The lowest BCUT2D eigenvalue weighted by atomic mass is 10.2. The van der Waals surface area contributed by atoms with Crippen LogP contribution in [0, 0.1) is 0 Å². The van der Waals surface area contributed by atoms with Crippen LogP contribution >= 0.6 is 11.6 Å². The van der Waals surface area contributed by atoms with Crippen molar-refractivity contribution in [3.63, 3.8) is 0 Å². The van der Waals surface area contributed by atoms with E-state index in [1.165, 1.54) is 12.1 Å². The van der Waals surface area contributed by atoms with Crippen molar-refractivity contribution in [1.82, 2.24) is 0 Å². The molecule has 0 aliphatic heterocycles. The van der Waals surface area contributed by atoms with Crippen LogP contribution in [-0.2, 0) is 10.0 Å². The lowest BCUT2D eigenvalue weighted by molar-refractivity contribution is 0.601. The molecule has 0 radical (unpaired) electrons. The lowest BCUT2D eigenvalue weighted by Gasteiger charge is -2.21. The minimum atomic E-state index is -3.63. The summed E-state index contributed by atoms with van der Waals surface area (Å²) in [6, 6.07) is 13.5. The van der Waals surface area contributed by atoms with Crippen molar-refractivity contribution in [1.29, 1.82) is 0 Å². The Morgan fingerprint density at radius 1 is 1.05 bits per heavy atom. The summed E-state index contributed by atoms with van der Waals surface area (Å²) in [6.07, 6.45) is 0. The van der Waals surface area contributed by atoms with Gasteiger partial charge in [0.1, 0.15) is 0 Å². The van der Waals surface area contributed by atoms with Crippen molar-refractivity contribution in [2.75, 3.05) is 22.7 Å². The molecule has 2 rings (SSSR count). The number of nitrogens with one attached hydrogen (secondary N) is 1. The molecule has 2 aromatic carbocycles. The SMILES string of the molecule is CCN(CC)c1ccc(NS(=O)(=O)c2cccc(Cl)c2)cc1. The van der Waals surface area contributed by atoms with Crippen LogP contribution in [0.2, 0.25) is 5.02 Å². The van der Waals surface area contributed by atoms with Crippen LogP contribution in [0.5, 0.6) is 0 Å². The highest BCUT2D eigenvalue weighted by molar-refractivity contribution is 7.92.